The van der Waals surface area contributed by atoms with Crippen LogP contribution in [0.5, 0.6) is 11.5 Å². The van der Waals surface area contributed by atoms with E-state index in [1.165, 1.54) is 11.1 Å². The monoisotopic (exact) mass is 457 g/mol. The molecular formula is C27H39NO5. The Balaban J connectivity index is 2.34. The standard InChI is InChI=1S/C27H39NO5/c1-7-26(30,8-2)18-33-24-14-12-22(16-20(24)6)27(9-3,10-4)21-11-13-23(19(5)15-21)32-17-25(29)28-31/h11-16,30-31H,7-10,17-18H2,1-6H3,(H,28,29). The average Bonchev–Trinajstić information content (AvgIpc) is 2.83. The first-order valence-corrected chi connectivity index (χ1v) is 11.8. The van der Waals surface area contributed by atoms with Gasteiger partial charge >= 0.3 is 0 Å². The molecule has 0 atom stereocenters. The zero-order valence-corrected chi connectivity index (χ0v) is 20.8. The van der Waals surface area contributed by atoms with Gasteiger partial charge in [0.15, 0.2) is 6.61 Å². The third-order valence-corrected chi connectivity index (χ3v) is 6.96. The van der Waals surface area contributed by atoms with E-state index in [4.69, 9.17) is 14.7 Å². The maximum atomic E-state index is 11.3. The summed E-state index contributed by atoms with van der Waals surface area (Å²) < 4.78 is 11.5. The largest absolute Gasteiger partial charge is 0.490 e. The van der Waals surface area contributed by atoms with Crippen molar-refractivity contribution in [3.05, 3.63) is 58.7 Å². The summed E-state index contributed by atoms with van der Waals surface area (Å²) in [5.41, 5.74) is 4.96. The van der Waals surface area contributed by atoms with Crippen LogP contribution in [0.25, 0.3) is 0 Å². The third kappa shape index (κ3) is 6.06. The van der Waals surface area contributed by atoms with Crippen molar-refractivity contribution in [1.29, 1.82) is 0 Å². The zero-order valence-electron chi connectivity index (χ0n) is 20.8. The minimum atomic E-state index is -0.805. The van der Waals surface area contributed by atoms with Crippen molar-refractivity contribution in [3.8, 4) is 11.5 Å². The van der Waals surface area contributed by atoms with E-state index in [-0.39, 0.29) is 18.6 Å². The molecule has 0 aliphatic heterocycles. The molecule has 0 aliphatic rings. The molecule has 182 valence electrons. The van der Waals surface area contributed by atoms with E-state index in [1.807, 2.05) is 39.8 Å². The summed E-state index contributed by atoms with van der Waals surface area (Å²) >= 11 is 0. The molecule has 6 nitrogen and oxygen atoms in total. The molecule has 0 spiro atoms. The lowest BCUT2D eigenvalue weighted by Gasteiger charge is -2.34. The molecule has 6 heteroatoms. The van der Waals surface area contributed by atoms with Gasteiger partial charge in [-0.2, -0.15) is 0 Å². The van der Waals surface area contributed by atoms with Gasteiger partial charge in [0.25, 0.3) is 5.91 Å². The number of hydrogen-bond acceptors (Lipinski definition) is 5. The summed E-state index contributed by atoms with van der Waals surface area (Å²) in [5, 5.41) is 19.2. The summed E-state index contributed by atoms with van der Waals surface area (Å²) in [6.07, 6.45) is 3.14. The van der Waals surface area contributed by atoms with Crippen molar-refractivity contribution in [2.24, 2.45) is 0 Å². The lowest BCUT2D eigenvalue weighted by molar-refractivity contribution is -0.131. The lowest BCUT2D eigenvalue weighted by atomic mass is 9.70. The predicted molar refractivity (Wildman–Crippen MR) is 130 cm³/mol. The van der Waals surface area contributed by atoms with Gasteiger partial charge in [-0.1, -0.05) is 52.0 Å². The number of hydroxylamine groups is 1. The number of hydrogen-bond donors (Lipinski definition) is 3. The first kappa shape index (κ1) is 26.7. The van der Waals surface area contributed by atoms with Crippen LogP contribution in [0, 0.1) is 13.8 Å². The molecule has 0 unspecified atom stereocenters. The van der Waals surface area contributed by atoms with Gasteiger partial charge in [-0.05, 0) is 73.9 Å². The van der Waals surface area contributed by atoms with Gasteiger partial charge in [0.2, 0.25) is 0 Å². The number of carbonyl (C=O) groups is 1. The zero-order chi connectivity index (χ0) is 24.6. The summed E-state index contributed by atoms with van der Waals surface area (Å²) in [5.74, 6) is 0.814. The highest BCUT2D eigenvalue weighted by Gasteiger charge is 2.32. The van der Waals surface area contributed by atoms with Crippen LogP contribution < -0.4 is 15.0 Å². The Morgan fingerprint density at radius 3 is 1.73 bits per heavy atom. The Morgan fingerprint density at radius 1 is 0.848 bits per heavy atom. The van der Waals surface area contributed by atoms with Crippen molar-refractivity contribution in [2.75, 3.05) is 13.2 Å². The summed E-state index contributed by atoms with van der Waals surface area (Å²) in [6.45, 7) is 12.4. The van der Waals surface area contributed by atoms with Crippen molar-refractivity contribution < 1.29 is 24.6 Å². The molecule has 0 radical (unpaired) electrons. The maximum absolute atomic E-state index is 11.3. The van der Waals surface area contributed by atoms with Crippen LogP contribution in [0.15, 0.2) is 36.4 Å². The van der Waals surface area contributed by atoms with Gasteiger partial charge in [-0.25, -0.2) is 5.48 Å². The molecule has 0 bridgehead atoms. The van der Waals surface area contributed by atoms with E-state index in [0.29, 0.717) is 18.6 Å². The van der Waals surface area contributed by atoms with Crippen LogP contribution >= 0.6 is 0 Å². The van der Waals surface area contributed by atoms with Crippen molar-refractivity contribution in [1.82, 2.24) is 5.48 Å². The molecule has 1 amide bonds. The van der Waals surface area contributed by atoms with E-state index >= 15 is 0 Å². The topological polar surface area (TPSA) is 88.0 Å². The Bertz CT molecular complexity index is 932. The quantitative estimate of drug-likeness (QED) is 0.300. The van der Waals surface area contributed by atoms with E-state index in [9.17, 15) is 9.90 Å². The summed E-state index contributed by atoms with van der Waals surface area (Å²) in [7, 11) is 0. The molecule has 0 saturated heterocycles. The molecule has 3 N–H and O–H groups in total. The van der Waals surface area contributed by atoms with Gasteiger partial charge in [0.05, 0.1) is 5.60 Å². The Hall–Kier alpha value is -2.57. The number of nitrogens with one attached hydrogen (secondary N) is 1. The fourth-order valence-electron chi connectivity index (χ4n) is 4.29. The number of carbonyl (C=O) groups excluding carboxylic acids is 1. The van der Waals surface area contributed by atoms with Gasteiger partial charge in [-0.15, -0.1) is 0 Å². The molecule has 0 fully saturated rings. The van der Waals surface area contributed by atoms with E-state index in [1.54, 1.807) is 5.48 Å². The molecular weight excluding hydrogens is 418 g/mol. The van der Waals surface area contributed by atoms with E-state index in [0.717, 1.165) is 29.7 Å². The molecule has 0 saturated carbocycles. The molecule has 2 aromatic carbocycles. The van der Waals surface area contributed by atoms with Crippen molar-refractivity contribution in [3.63, 3.8) is 0 Å². The fraction of sp³-hybridized carbons (Fsp3) is 0.519. The molecule has 2 rings (SSSR count). The molecule has 0 aliphatic carbocycles. The smallest absolute Gasteiger partial charge is 0.281 e. The molecule has 2 aromatic rings. The highest BCUT2D eigenvalue weighted by molar-refractivity contribution is 5.76. The normalized spacial score (nSPS) is 11.9. The van der Waals surface area contributed by atoms with Crippen LogP contribution in [0.1, 0.15) is 75.6 Å². The summed E-state index contributed by atoms with van der Waals surface area (Å²) in [4.78, 5) is 11.3. The second-order valence-electron chi connectivity index (χ2n) is 8.79. The number of benzene rings is 2. The predicted octanol–water partition coefficient (Wildman–Crippen LogP) is 5.22. The minimum absolute atomic E-state index is 0.178. The Morgan fingerprint density at radius 2 is 1.33 bits per heavy atom. The molecule has 0 aromatic heterocycles. The van der Waals surface area contributed by atoms with Crippen LogP contribution in [-0.4, -0.2) is 35.0 Å². The number of amides is 1. The second-order valence-corrected chi connectivity index (χ2v) is 8.79. The van der Waals surface area contributed by atoms with Gasteiger partial charge in [-0.3, -0.25) is 10.0 Å². The lowest BCUT2D eigenvalue weighted by Crippen LogP contribution is -2.34. The number of aryl methyl sites for hydroxylation is 2. The minimum Gasteiger partial charge on any atom is -0.490 e. The average molecular weight is 458 g/mol. The first-order chi connectivity index (χ1) is 15.7. The van der Waals surface area contributed by atoms with Crippen molar-refractivity contribution in [2.45, 2.75) is 78.2 Å². The van der Waals surface area contributed by atoms with Gasteiger partial charge < -0.3 is 14.6 Å². The Labute approximate surface area is 197 Å². The van der Waals surface area contributed by atoms with Gasteiger partial charge in [0, 0.05) is 5.41 Å². The van der Waals surface area contributed by atoms with Crippen LogP contribution in [-0.2, 0) is 10.2 Å². The summed E-state index contributed by atoms with van der Waals surface area (Å²) in [6, 6.07) is 12.4. The van der Waals surface area contributed by atoms with Gasteiger partial charge in [0.1, 0.15) is 18.1 Å². The second kappa shape index (κ2) is 11.5. The van der Waals surface area contributed by atoms with Crippen molar-refractivity contribution >= 4 is 5.91 Å². The number of ether oxygens (including phenoxy) is 2. The SMILES string of the molecule is CCC(O)(CC)COc1ccc(C(CC)(CC)c2ccc(OCC(=O)NO)c(C)c2)cc1C. The van der Waals surface area contributed by atoms with E-state index in [2.05, 4.69) is 38.1 Å². The maximum Gasteiger partial charge on any atom is 0.281 e. The number of aliphatic hydroxyl groups is 1. The van der Waals surface area contributed by atoms with Crippen LogP contribution in [0.4, 0.5) is 0 Å². The highest BCUT2D eigenvalue weighted by Crippen LogP contribution is 2.41. The Kier molecular flexibility index (Phi) is 9.32. The number of rotatable bonds is 12. The first-order valence-electron chi connectivity index (χ1n) is 11.8. The molecule has 0 heterocycles. The van der Waals surface area contributed by atoms with Crippen LogP contribution in [0.2, 0.25) is 0 Å². The fourth-order valence-corrected chi connectivity index (χ4v) is 4.29. The third-order valence-electron chi connectivity index (χ3n) is 6.96. The highest BCUT2D eigenvalue weighted by atomic mass is 16.5. The van der Waals surface area contributed by atoms with Crippen LogP contribution in [0.3, 0.4) is 0 Å². The molecule has 33 heavy (non-hydrogen) atoms. The van der Waals surface area contributed by atoms with E-state index < -0.39 is 11.5 Å².